The largest absolute Gasteiger partial charge is 0.490 e. The molecule has 0 bridgehead atoms. The van der Waals surface area contributed by atoms with Crippen molar-refractivity contribution < 1.29 is 41.0 Å². The number of thiazole rings is 1. The molecule has 1 aliphatic heterocycles. The first kappa shape index (κ1) is 34.4. The SMILES string of the molecule is CCOC(=O)c1sc(Nc2nc(NCc3ccc(S(N)(=O)=O)cc3)c(C)c(N3CCNCC3)n2)nc1C.O=C(O)C(F)(F)F. The summed E-state index contributed by atoms with van der Waals surface area (Å²) in [7, 11) is -3.75. The maximum Gasteiger partial charge on any atom is 0.490 e. The number of carboxylic acids is 1. The third-order valence-corrected chi connectivity index (χ3v) is 7.95. The van der Waals surface area contributed by atoms with Crippen molar-refractivity contribution in [3.05, 3.63) is 46.0 Å². The van der Waals surface area contributed by atoms with E-state index in [0.29, 0.717) is 34.0 Å². The number of benzene rings is 1. The average molecular weight is 661 g/mol. The van der Waals surface area contributed by atoms with E-state index in [0.717, 1.165) is 43.1 Å². The van der Waals surface area contributed by atoms with Crippen LogP contribution in [0.5, 0.6) is 0 Å². The lowest BCUT2D eigenvalue weighted by molar-refractivity contribution is -0.192. The first-order valence-electron chi connectivity index (χ1n) is 13.0. The lowest BCUT2D eigenvalue weighted by Gasteiger charge is -2.30. The number of hydrogen-bond acceptors (Lipinski definition) is 13. The summed E-state index contributed by atoms with van der Waals surface area (Å²) in [5, 5.41) is 22.6. The Kier molecular flexibility index (Phi) is 11.4. The van der Waals surface area contributed by atoms with Gasteiger partial charge < -0.3 is 25.4 Å². The Morgan fingerprint density at radius 3 is 2.30 bits per heavy atom. The Morgan fingerprint density at radius 1 is 1.14 bits per heavy atom. The number of aliphatic carboxylic acids is 1. The second-order valence-electron chi connectivity index (χ2n) is 9.21. The fourth-order valence-corrected chi connectivity index (χ4v) is 5.20. The summed E-state index contributed by atoms with van der Waals surface area (Å²) in [4.78, 5) is 37.7. The van der Waals surface area contributed by atoms with E-state index in [1.165, 1.54) is 23.5 Å². The van der Waals surface area contributed by atoms with Crippen LogP contribution < -0.4 is 26.0 Å². The minimum atomic E-state index is -5.08. The number of piperazine rings is 1. The van der Waals surface area contributed by atoms with Gasteiger partial charge in [-0.15, -0.1) is 0 Å². The molecule has 0 saturated carbocycles. The van der Waals surface area contributed by atoms with Crippen molar-refractivity contribution in [1.82, 2.24) is 20.3 Å². The number of carboxylic acid groups (broad SMARTS) is 1. The average Bonchev–Trinajstić information content (AvgIpc) is 3.33. The number of rotatable bonds is 9. The number of aryl methyl sites for hydroxylation is 1. The minimum Gasteiger partial charge on any atom is -0.475 e. The van der Waals surface area contributed by atoms with E-state index in [9.17, 15) is 26.4 Å². The van der Waals surface area contributed by atoms with Crippen LogP contribution in [0.15, 0.2) is 29.2 Å². The first-order chi connectivity index (χ1) is 20.6. The Bertz CT molecular complexity index is 1580. The maximum atomic E-state index is 12.2. The van der Waals surface area contributed by atoms with Gasteiger partial charge in [0.05, 0.1) is 17.2 Å². The van der Waals surface area contributed by atoms with Crippen molar-refractivity contribution in [1.29, 1.82) is 0 Å². The van der Waals surface area contributed by atoms with Gasteiger partial charge in [0.25, 0.3) is 0 Å². The summed E-state index contributed by atoms with van der Waals surface area (Å²) < 4.78 is 59.9. The molecule has 0 radical (unpaired) electrons. The molecule has 0 spiro atoms. The second kappa shape index (κ2) is 14.6. The number of aromatic nitrogens is 3. The van der Waals surface area contributed by atoms with E-state index >= 15 is 0 Å². The molecule has 0 amide bonds. The zero-order chi connectivity index (χ0) is 32.7. The van der Waals surface area contributed by atoms with Crippen LogP contribution >= 0.6 is 11.3 Å². The lowest BCUT2D eigenvalue weighted by atomic mass is 10.2. The Balaban J connectivity index is 0.000000676. The normalized spacial score (nSPS) is 13.5. The van der Waals surface area contributed by atoms with Crippen molar-refractivity contribution in [2.45, 2.75) is 38.4 Å². The van der Waals surface area contributed by atoms with Gasteiger partial charge >= 0.3 is 18.1 Å². The number of primary sulfonamides is 1. The van der Waals surface area contributed by atoms with E-state index in [1.807, 2.05) is 6.92 Å². The third kappa shape index (κ3) is 9.46. The van der Waals surface area contributed by atoms with E-state index in [2.05, 4.69) is 30.8 Å². The molecule has 2 aromatic heterocycles. The molecule has 4 rings (SSSR count). The standard InChI is InChI=1S/C23H30N8O4S2.C2HF3O2/c1-4-35-21(32)18-15(3)27-23(36-18)30-22-28-19(14(2)20(29-22)31-11-9-25-10-12-31)26-13-16-5-7-17(8-6-16)37(24,33)34;3-2(4,5)1(6)7/h5-8,25H,4,9-13H2,1-3H3,(H2,24,33,34)(H2,26,27,28,29,30);(H,6,7). The number of nitrogens with two attached hydrogens (primary N) is 1. The number of carbonyl (C=O) groups excluding carboxylic acids is 1. The molecular weight excluding hydrogens is 629 g/mol. The van der Waals surface area contributed by atoms with E-state index in [4.69, 9.17) is 24.8 Å². The molecule has 240 valence electrons. The molecule has 1 aromatic carbocycles. The number of ether oxygens (including phenoxy) is 1. The number of hydrogen-bond donors (Lipinski definition) is 5. The van der Waals surface area contributed by atoms with Gasteiger partial charge in [-0.2, -0.15) is 23.1 Å². The van der Waals surface area contributed by atoms with Gasteiger partial charge in [0.2, 0.25) is 16.0 Å². The smallest absolute Gasteiger partial charge is 0.475 e. The predicted molar refractivity (Wildman–Crippen MR) is 157 cm³/mol. The molecule has 0 unspecified atom stereocenters. The molecule has 3 heterocycles. The van der Waals surface area contributed by atoms with Crippen LogP contribution in [-0.4, -0.2) is 79.4 Å². The highest BCUT2D eigenvalue weighted by molar-refractivity contribution is 7.89. The number of carbonyl (C=O) groups is 2. The van der Waals surface area contributed by atoms with Crippen molar-refractivity contribution in [2.24, 2.45) is 5.14 Å². The van der Waals surface area contributed by atoms with Crippen molar-refractivity contribution >= 4 is 56.0 Å². The second-order valence-corrected chi connectivity index (χ2v) is 11.8. The summed E-state index contributed by atoms with van der Waals surface area (Å²) in [6.07, 6.45) is -5.08. The molecule has 3 aromatic rings. The van der Waals surface area contributed by atoms with Gasteiger partial charge in [0, 0.05) is 38.3 Å². The molecule has 1 saturated heterocycles. The van der Waals surface area contributed by atoms with Gasteiger partial charge in [-0.25, -0.2) is 28.1 Å². The number of halogens is 3. The lowest BCUT2D eigenvalue weighted by Crippen LogP contribution is -2.44. The highest BCUT2D eigenvalue weighted by atomic mass is 32.2. The quantitative estimate of drug-likeness (QED) is 0.210. The van der Waals surface area contributed by atoms with E-state index in [-0.39, 0.29) is 11.5 Å². The molecule has 1 fully saturated rings. The maximum absolute atomic E-state index is 12.2. The monoisotopic (exact) mass is 660 g/mol. The van der Waals surface area contributed by atoms with Crippen molar-refractivity contribution in [3.8, 4) is 0 Å². The van der Waals surface area contributed by atoms with Gasteiger partial charge in [-0.3, -0.25) is 5.32 Å². The number of esters is 1. The van der Waals surface area contributed by atoms with E-state index < -0.39 is 28.1 Å². The number of anilines is 4. The van der Waals surface area contributed by atoms with Crippen molar-refractivity contribution in [3.63, 3.8) is 0 Å². The molecule has 1 aliphatic rings. The van der Waals surface area contributed by atoms with Gasteiger partial charge in [0.1, 0.15) is 16.5 Å². The van der Waals surface area contributed by atoms with Crippen LogP contribution in [0.3, 0.4) is 0 Å². The zero-order valence-corrected chi connectivity index (χ0v) is 25.5. The summed E-state index contributed by atoms with van der Waals surface area (Å²) in [6.45, 7) is 9.46. The number of nitrogens with zero attached hydrogens (tertiary/aromatic N) is 4. The highest BCUT2D eigenvalue weighted by Gasteiger charge is 2.38. The summed E-state index contributed by atoms with van der Waals surface area (Å²) in [5.74, 6) is -1.40. The van der Waals surface area contributed by atoms with Gasteiger partial charge in [0.15, 0.2) is 5.13 Å². The number of alkyl halides is 3. The predicted octanol–water partition coefficient (Wildman–Crippen LogP) is 2.77. The molecule has 14 nitrogen and oxygen atoms in total. The summed E-state index contributed by atoms with van der Waals surface area (Å²) >= 11 is 1.19. The Hall–Kier alpha value is -4.07. The highest BCUT2D eigenvalue weighted by Crippen LogP contribution is 2.30. The zero-order valence-electron chi connectivity index (χ0n) is 23.9. The minimum absolute atomic E-state index is 0.0582. The summed E-state index contributed by atoms with van der Waals surface area (Å²) in [5.41, 5.74) is 2.32. The van der Waals surface area contributed by atoms with Crippen LogP contribution in [0.1, 0.15) is 33.4 Å². The van der Waals surface area contributed by atoms with Crippen molar-refractivity contribution in [2.75, 3.05) is 48.3 Å². The summed E-state index contributed by atoms with van der Waals surface area (Å²) in [6, 6.07) is 6.36. The molecule has 0 aliphatic carbocycles. The fourth-order valence-electron chi connectivity index (χ4n) is 3.83. The molecular formula is C25H31F3N8O6S2. The molecule has 6 N–H and O–H groups in total. The van der Waals surface area contributed by atoms with Crippen LogP contribution in [0.2, 0.25) is 0 Å². The number of nitrogens with one attached hydrogen (secondary N) is 3. The Morgan fingerprint density at radius 2 is 1.75 bits per heavy atom. The van der Waals surface area contributed by atoms with Crippen LogP contribution in [0, 0.1) is 13.8 Å². The number of sulfonamides is 1. The van der Waals surface area contributed by atoms with Crippen LogP contribution in [-0.2, 0) is 26.1 Å². The molecule has 19 heteroatoms. The van der Waals surface area contributed by atoms with Crippen LogP contribution in [0.25, 0.3) is 0 Å². The Labute approximate surface area is 254 Å². The van der Waals surface area contributed by atoms with Gasteiger partial charge in [-0.1, -0.05) is 23.5 Å². The fraction of sp³-hybridized carbons (Fsp3) is 0.400. The topological polar surface area (TPSA) is 202 Å². The van der Waals surface area contributed by atoms with Gasteiger partial charge in [-0.05, 0) is 38.5 Å². The van der Waals surface area contributed by atoms with E-state index in [1.54, 1.807) is 26.0 Å². The van der Waals surface area contributed by atoms with Crippen LogP contribution in [0.4, 0.5) is 35.9 Å². The first-order valence-corrected chi connectivity index (χ1v) is 15.4. The molecule has 0 atom stereocenters. The third-order valence-electron chi connectivity index (χ3n) is 5.97. The molecule has 44 heavy (non-hydrogen) atoms.